The van der Waals surface area contributed by atoms with Crippen molar-refractivity contribution in [2.24, 2.45) is 0 Å². The van der Waals surface area contributed by atoms with Gasteiger partial charge in [-0.3, -0.25) is 0 Å². The second-order valence-electron chi connectivity index (χ2n) is 38.2. The number of benzene rings is 21. The second-order valence-corrected chi connectivity index (χ2v) is 40.4. The fourth-order valence-electron chi connectivity index (χ4n) is 22.0. The summed E-state index contributed by atoms with van der Waals surface area (Å²) in [6.07, 6.45) is 0. The maximum absolute atomic E-state index is 6.82. The summed E-state index contributed by atoms with van der Waals surface area (Å²) in [5.74, 6) is 0. The molecule has 3 aromatic heterocycles. The first-order chi connectivity index (χ1) is 67.1. The summed E-state index contributed by atoms with van der Waals surface area (Å²) >= 11 is 3.80. The number of thiophene rings is 2. The Morgan fingerprint density at radius 2 is 0.504 bits per heavy atom. The first kappa shape index (κ1) is 82.7. The van der Waals surface area contributed by atoms with Crippen molar-refractivity contribution in [2.75, 3.05) is 14.7 Å². The minimum atomic E-state index is -0.120. The lowest BCUT2D eigenvalue weighted by atomic mass is 9.82. The zero-order valence-corrected chi connectivity index (χ0v) is 78.7. The van der Waals surface area contributed by atoms with Crippen LogP contribution in [0.2, 0.25) is 0 Å². The van der Waals surface area contributed by atoms with Gasteiger partial charge in [-0.05, 0) is 297 Å². The van der Waals surface area contributed by atoms with Crippen LogP contribution in [-0.4, -0.2) is 0 Å². The first-order valence-electron chi connectivity index (χ1n) is 47.5. The zero-order valence-electron chi connectivity index (χ0n) is 77.0. The van der Waals surface area contributed by atoms with E-state index in [0.717, 1.165) is 67.4 Å². The smallest absolute Gasteiger partial charge is 0.159 e. The van der Waals surface area contributed by atoms with Gasteiger partial charge in [0.05, 0.1) is 5.69 Å². The molecule has 0 unspecified atom stereocenters. The molecule has 3 heterocycles. The maximum Gasteiger partial charge on any atom is 0.159 e. The van der Waals surface area contributed by atoms with Crippen molar-refractivity contribution in [2.45, 2.75) is 57.8 Å². The molecule has 0 atom stereocenters. The molecule has 0 N–H and O–H groups in total. The third kappa shape index (κ3) is 14.3. The monoisotopic (exact) mass is 1790 g/mol. The highest BCUT2D eigenvalue weighted by Gasteiger charge is 2.41. The number of hydrogen-bond donors (Lipinski definition) is 0. The van der Waals surface area contributed by atoms with Crippen molar-refractivity contribution in [1.29, 1.82) is 0 Å². The van der Waals surface area contributed by atoms with E-state index in [1.165, 1.54) is 179 Å². The number of hydrogen-bond acceptors (Lipinski definition) is 6. The van der Waals surface area contributed by atoms with Crippen molar-refractivity contribution in [3.05, 3.63) is 500 Å². The van der Waals surface area contributed by atoms with Crippen molar-refractivity contribution in [3.8, 4) is 77.9 Å². The number of nitrogens with zero attached hydrogens (tertiary/aromatic N) is 3. The average molecular weight is 1790 g/mol. The van der Waals surface area contributed by atoms with Gasteiger partial charge in [0.2, 0.25) is 0 Å². The molecule has 27 rings (SSSR count). The quantitative estimate of drug-likeness (QED) is 0.115. The summed E-state index contributed by atoms with van der Waals surface area (Å²) in [5, 5.41) is 12.7. The van der Waals surface area contributed by atoms with Gasteiger partial charge in [0.25, 0.3) is 0 Å². The summed E-state index contributed by atoms with van der Waals surface area (Å²) in [4.78, 5) is 7.09. The van der Waals surface area contributed by atoms with E-state index in [4.69, 9.17) is 4.42 Å². The molecule has 21 aromatic carbocycles. The SMILES string of the molecule is CC1(C)c2cc(N(c3ccc(-c4ccccc4)cc3)c3ccc(-c4ccccc4)cc3)ccc2-c2cc3c(cc21)sc1ccccc13.CC1(C)c2cc(N(c3ccccc3)c3ccc(-c4ccc5ccccc5c4)cc3)ccc2-c2cc3c(cc21)sc1ccccc13.CC1(C)c2ccccc2-c2cc3c(cc21)oc1c(N(c2ccccc2)c2ccc(-c4ccc5ccccc5c4)cc2)cccc13. The number of furan rings is 1. The number of rotatable bonds is 13. The van der Waals surface area contributed by atoms with Crippen LogP contribution in [0.25, 0.3) is 162 Å². The van der Waals surface area contributed by atoms with E-state index < -0.39 is 0 Å². The van der Waals surface area contributed by atoms with Crippen molar-refractivity contribution >= 4 is 158 Å². The van der Waals surface area contributed by atoms with E-state index in [1.807, 2.05) is 22.7 Å². The molecule has 24 aromatic rings. The van der Waals surface area contributed by atoms with Gasteiger partial charge < -0.3 is 19.1 Å². The summed E-state index contributed by atoms with van der Waals surface area (Å²) in [7, 11) is 0. The van der Waals surface area contributed by atoms with Gasteiger partial charge in [0.15, 0.2) is 5.58 Å². The Kier molecular flexibility index (Phi) is 20.0. The Labute approximate surface area is 806 Å². The van der Waals surface area contributed by atoms with E-state index in [2.05, 4.69) is 523 Å². The van der Waals surface area contributed by atoms with Crippen LogP contribution in [0, 0.1) is 0 Å². The standard InChI is InChI=1S/C45H33NS.C43H31NO.C43H31NS/c1-45(2)41-27-36(25-26-37(41)39-28-40-38-15-9-10-16-43(38)47-44(40)29-42(39)45)46(34-21-17-32(18-22-34)30-11-5-3-6-12-30)35-23-19-33(20-24-35)31-13-7-4-8-14-31;1-43(2)38-17-9-8-15-34(38)36-26-37-35-16-10-18-40(42(35)45-41(37)27-39(36)43)44(32-13-4-3-5-14-32)33-23-21-29(22-24-33)31-20-19-28-11-6-7-12-30(28)25-31;1-43(2)39-25-34(22-23-35(39)37-26-38-36-14-8-9-15-41(36)45-42(38)27-40(37)43)44(32-12-4-3-5-13-32)33-20-18-29(19-21-33)31-17-16-28-10-6-7-11-30(28)24-31/h3-29H,1-2H3;2*3-27H,1-2H3. The third-order valence-corrected chi connectivity index (χ3v) is 31.4. The van der Waals surface area contributed by atoms with E-state index >= 15 is 0 Å². The summed E-state index contributed by atoms with van der Waals surface area (Å²) in [5.41, 5.74) is 37.6. The highest BCUT2D eigenvalue weighted by Crippen LogP contribution is 2.58. The van der Waals surface area contributed by atoms with Crippen LogP contribution in [0.4, 0.5) is 51.2 Å². The molecule has 0 radical (unpaired) electrons. The van der Waals surface area contributed by atoms with Gasteiger partial charge in [-0.15, -0.1) is 22.7 Å². The van der Waals surface area contributed by atoms with Gasteiger partial charge >= 0.3 is 0 Å². The Balaban J connectivity index is 0.000000109. The first-order valence-corrected chi connectivity index (χ1v) is 49.1. The lowest BCUT2D eigenvalue weighted by Gasteiger charge is -2.28. The fraction of sp³-hybridized carbons (Fsp3) is 0.0687. The molecular formula is C131H95N3OS2. The molecule has 0 saturated heterocycles. The van der Waals surface area contributed by atoms with E-state index in [-0.39, 0.29) is 16.2 Å². The topological polar surface area (TPSA) is 22.9 Å². The van der Waals surface area contributed by atoms with Gasteiger partial charge in [-0.2, -0.15) is 0 Å². The predicted octanol–water partition coefficient (Wildman–Crippen LogP) is 38.0. The second kappa shape index (κ2) is 33.2. The molecule has 137 heavy (non-hydrogen) atoms. The molecule has 0 fully saturated rings. The van der Waals surface area contributed by atoms with Crippen LogP contribution < -0.4 is 14.7 Å². The van der Waals surface area contributed by atoms with E-state index in [9.17, 15) is 0 Å². The third-order valence-electron chi connectivity index (χ3n) is 29.2. The van der Waals surface area contributed by atoms with Crippen LogP contribution in [0.1, 0.15) is 74.9 Å². The molecule has 0 aliphatic heterocycles. The summed E-state index contributed by atoms with van der Waals surface area (Å²) in [6.45, 7) is 14.2. The molecule has 0 amide bonds. The molecule has 6 heteroatoms. The zero-order chi connectivity index (χ0) is 91.8. The highest BCUT2D eigenvalue weighted by molar-refractivity contribution is 7.26. The van der Waals surface area contributed by atoms with Gasteiger partial charge in [-0.25, -0.2) is 0 Å². The largest absolute Gasteiger partial charge is 0.454 e. The minimum absolute atomic E-state index is 0.0786. The van der Waals surface area contributed by atoms with Crippen LogP contribution in [0.5, 0.6) is 0 Å². The van der Waals surface area contributed by atoms with Crippen LogP contribution >= 0.6 is 22.7 Å². The number of anilines is 9. The molecule has 3 aliphatic carbocycles. The van der Waals surface area contributed by atoms with Crippen LogP contribution in [0.3, 0.4) is 0 Å². The molecule has 0 spiro atoms. The molecular weight excluding hydrogens is 1700 g/mol. The average Bonchev–Trinajstić information content (AvgIpc) is 1.57. The predicted molar refractivity (Wildman–Crippen MR) is 586 cm³/mol. The Bertz CT molecular complexity index is 8750. The normalized spacial score (nSPS) is 13.2. The highest BCUT2D eigenvalue weighted by atomic mass is 32.1. The summed E-state index contributed by atoms with van der Waals surface area (Å²) < 4.78 is 12.3. The fourth-order valence-corrected chi connectivity index (χ4v) is 24.3. The number of para-hydroxylation sites is 3. The Morgan fingerprint density at radius 3 is 0.971 bits per heavy atom. The summed E-state index contributed by atoms with van der Waals surface area (Å²) in [6, 6.07) is 170. The Hall–Kier alpha value is -16.2. The minimum Gasteiger partial charge on any atom is -0.454 e. The maximum atomic E-state index is 6.82. The van der Waals surface area contributed by atoms with Gasteiger partial charge in [0, 0.05) is 113 Å². The van der Waals surface area contributed by atoms with Crippen LogP contribution in [0.15, 0.2) is 472 Å². The molecule has 0 saturated carbocycles. The van der Waals surface area contributed by atoms with Crippen molar-refractivity contribution in [3.63, 3.8) is 0 Å². The molecule has 3 aliphatic rings. The van der Waals surface area contributed by atoms with Crippen molar-refractivity contribution in [1.82, 2.24) is 0 Å². The molecule has 652 valence electrons. The lowest BCUT2D eigenvalue weighted by Crippen LogP contribution is -2.16. The van der Waals surface area contributed by atoms with Crippen molar-refractivity contribution < 1.29 is 4.42 Å². The lowest BCUT2D eigenvalue weighted by molar-refractivity contribution is 0.647. The van der Waals surface area contributed by atoms with Gasteiger partial charge in [-0.1, -0.05) is 345 Å². The number of fused-ring (bicyclic) bond motifs is 20. The van der Waals surface area contributed by atoms with Gasteiger partial charge in [0.1, 0.15) is 5.58 Å². The Morgan fingerprint density at radius 1 is 0.182 bits per heavy atom. The van der Waals surface area contributed by atoms with Crippen LogP contribution in [-0.2, 0) is 16.2 Å². The molecule has 0 bridgehead atoms. The van der Waals surface area contributed by atoms with E-state index in [1.54, 1.807) is 0 Å². The molecule has 4 nitrogen and oxygen atoms in total. The van der Waals surface area contributed by atoms with E-state index in [0.29, 0.717) is 0 Å².